The molecule has 0 unspecified atom stereocenters. The first-order valence-corrected chi connectivity index (χ1v) is 9.62. The van der Waals surface area contributed by atoms with Crippen LogP contribution in [0, 0.1) is 23.2 Å². The third-order valence-corrected chi connectivity index (χ3v) is 7.22. The first-order valence-electron chi connectivity index (χ1n) is 9.62. The van der Waals surface area contributed by atoms with Crippen molar-refractivity contribution in [3.8, 4) is 0 Å². The molecule has 0 aromatic heterocycles. The number of ether oxygens (including phenoxy) is 2. The number of fused-ring (bicyclic) bond motifs is 2. The Morgan fingerprint density at radius 1 is 1.09 bits per heavy atom. The molecule has 2 heterocycles. The molecule has 22 heavy (non-hydrogen) atoms. The highest BCUT2D eigenvalue weighted by molar-refractivity contribution is 5.02. The van der Waals surface area contributed by atoms with Gasteiger partial charge in [-0.05, 0) is 68.4 Å². The van der Waals surface area contributed by atoms with E-state index in [-0.39, 0.29) is 6.29 Å². The van der Waals surface area contributed by atoms with Gasteiger partial charge in [-0.15, -0.1) is 0 Å². The van der Waals surface area contributed by atoms with Crippen LogP contribution in [0.1, 0.15) is 58.8 Å². The average Bonchev–Trinajstić information content (AvgIpc) is 3.19. The van der Waals surface area contributed by atoms with E-state index in [1.807, 2.05) is 0 Å². The Labute approximate surface area is 135 Å². The van der Waals surface area contributed by atoms with Crippen molar-refractivity contribution >= 4 is 0 Å². The highest BCUT2D eigenvalue weighted by Gasteiger charge is 2.53. The fourth-order valence-electron chi connectivity index (χ4n) is 5.83. The van der Waals surface area contributed by atoms with E-state index >= 15 is 0 Å². The van der Waals surface area contributed by atoms with Gasteiger partial charge >= 0.3 is 0 Å². The molecule has 2 bridgehead atoms. The molecule has 0 amide bonds. The molecule has 126 valence electrons. The second kappa shape index (κ2) is 6.07. The van der Waals surface area contributed by atoms with Crippen molar-refractivity contribution in [3.63, 3.8) is 0 Å². The Hall–Kier alpha value is -0.120. The summed E-state index contributed by atoms with van der Waals surface area (Å²) in [5.74, 6) is 2.70. The van der Waals surface area contributed by atoms with Crippen molar-refractivity contribution in [2.75, 3.05) is 26.2 Å². The molecule has 2 aliphatic carbocycles. The van der Waals surface area contributed by atoms with Crippen LogP contribution >= 0.6 is 0 Å². The Morgan fingerprint density at radius 2 is 1.91 bits per heavy atom. The lowest BCUT2D eigenvalue weighted by atomic mass is 9.67. The molecule has 2 aliphatic heterocycles. The average molecular weight is 307 g/mol. The molecule has 3 heteroatoms. The van der Waals surface area contributed by atoms with Crippen LogP contribution in [0.5, 0.6) is 0 Å². The molecule has 3 nitrogen and oxygen atoms in total. The van der Waals surface area contributed by atoms with Crippen LogP contribution in [0.25, 0.3) is 0 Å². The van der Waals surface area contributed by atoms with E-state index in [2.05, 4.69) is 18.7 Å². The molecule has 0 spiro atoms. The highest BCUT2D eigenvalue weighted by Crippen LogP contribution is 2.60. The molecule has 4 aliphatic rings. The maximum Gasteiger partial charge on any atom is 0.158 e. The zero-order valence-electron chi connectivity index (χ0n) is 14.4. The van der Waals surface area contributed by atoms with Crippen molar-refractivity contribution < 1.29 is 9.47 Å². The molecule has 4 fully saturated rings. The maximum atomic E-state index is 6.26. The largest absolute Gasteiger partial charge is 0.350 e. The number of likely N-dealkylation sites (tertiary alicyclic amines) is 1. The predicted molar refractivity (Wildman–Crippen MR) is 87.6 cm³/mol. The predicted octanol–water partition coefficient (Wildman–Crippen LogP) is 3.68. The van der Waals surface area contributed by atoms with Gasteiger partial charge in [-0.1, -0.05) is 20.3 Å². The first-order chi connectivity index (χ1) is 10.6. The van der Waals surface area contributed by atoms with E-state index in [4.69, 9.17) is 9.47 Å². The Morgan fingerprint density at radius 3 is 2.64 bits per heavy atom. The van der Waals surface area contributed by atoms with Crippen molar-refractivity contribution in [2.24, 2.45) is 23.2 Å². The van der Waals surface area contributed by atoms with Gasteiger partial charge in [-0.25, -0.2) is 0 Å². The Kier molecular flexibility index (Phi) is 4.25. The number of hydrogen-bond acceptors (Lipinski definition) is 3. The maximum absolute atomic E-state index is 6.26. The van der Waals surface area contributed by atoms with Gasteiger partial charge in [-0.2, -0.15) is 0 Å². The summed E-state index contributed by atoms with van der Waals surface area (Å²) in [6.07, 6.45) is 9.99. The summed E-state index contributed by atoms with van der Waals surface area (Å²) in [5.41, 5.74) is 0.501. The summed E-state index contributed by atoms with van der Waals surface area (Å²) < 4.78 is 12.3. The molecular formula is C19H33NO2. The van der Waals surface area contributed by atoms with Gasteiger partial charge in [0.25, 0.3) is 0 Å². The first kappa shape index (κ1) is 15.4. The summed E-state index contributed by atoms with van der Waals surface area (Å²) in [5, 5.41) is 0. The summed E-state index contributed by atoms with van der Waals surface area (Å²) in [7, 11) is 0. The number of piperidine rings is 1. The van der Waals surface area contributed by atoms with Gasteiger partial charge < -0.3 is 14.4 Å². The Bertz CT molecular complexity index is 391. The van der Waals surface area contributed by atoms with Crippen LogP contribution in [0.3, 0.4) is 0 Å². The monoisotopic (exact) mass is 307 g/mol. The third kappa shape index (κ3) is 2.85. The second-order valence-corrected chi connectivity index (χ2v) is 8.82. The molecular weight excluding hydrogens is 274 g/mol. The van der Waals surface area contributed by atoms with Gasteiger partial charge in [0.15, 0.2) is 6.29 Å². The van der Waals surface area contributed by atoms with Crippen molar-refractivity contribution in [1.82, 2.24) is 4.90 Å². The minimum Gasteiger partial charge on any atom is -0.350 e. The lowest BCUT2D eigenvalue weighted by molar-refractivity contribution is -0.0909. The number of nitrogens with zero attached hydrogens (tertiary/aromatic N) is 1. The van der Waals surface area contributed by atoms with Crippen LogP contribution in [0.15, 0.2) is 0 Å². The fraction of sp³-hybridized carbons (Fsp3) is 1.00. The summed E-state index contributed by atoms with van der Waals surface area (Å²) in [6, 6.07) is 0. The number of rotatable bonds is 4. The lowest BCUT2D eigenvalue weighted by Gasteiger charge is -2.39. The molecule has 4 rings (SSSR count). The topological polar surface area (TPSA) is 21.7 Å². The van der Waals surface area contributed by atoms with Crippen LogP contribution in [0.2, 0.25) is 0 Å². The summed E-state index contributed by atoms with van der Waals surface area (Å²) in [6.45, 7) is 9.37. The van der Waals surface area contributed by atoms with Crippen LogP contribution in [-0.2, 0) is 9.47 Å². The van der Waals surface area contributed by atoms with Gasteiger partial charge in [0.05, 0.1) is 12.7 Å². The summed E-state index contributed by atoms with van der Waals surface area (Å²) in [4.78, 5) is 2.57. The van der Waals surface area contributed by atoms with E-state index in [9.17, 15) is 0 Å². The number of hydrogen-bond donors (Lipinski definition) is 0. The van der Waals surface area contributed by atoms with E-state index in [0.29, 0.717) is 11.5 Å². The van der Waals surface area contributed by atoms with Crippen molar-refractivity contribution in [1.29, 1.82) is 0 Å². The lowest BCUT2D eigenvalue weighted by Crippen LogP contribution is -2.38. The van der Waals surface area contributed by atoms with Gasteiger partial charge in [0.1, 0.15) is 0 Å². The smallest absolute Gasteiger partial charge is 0.158 e. The zero-order valence-corrected chi connectivity index (χ0v) is 14.4. The minimum absolute atomic E-state index is 0.0680. The van der Waals surface area contributed by atoms with Crippen LogP contribution < -0.4 is 0 Å². The fourth-order valence-corrected chi connectivity index (χ4v) is 5.83. The van der Waals surface area contributed by atoms with Crippen LogP contribution in [-0.4, -0.2) is 43.5 Å². The molecule has 2 saturated carbocycles. The zero-order chi connectivity index (χ0) is 15.2. The van der Waals surface area contributed by atoms with Gasteiger partial charge in [0, 0.05) is 13.0 Å². The van der Waals surface area contributed by atoms with Gasteiger partial charge in [-0.3, -0.25) is 0 Å². The second-order valence-electron chi connectivity index (χ2n) is 8.82. The molecule has 0 N–H and O–H groups in total. The van der Waals surface area contributed by atoms with E-state index < -0.39 is 0 Å². The summed E-state index contributed by atoms with van der Waals surface area (Å²) >= 11 is 0. The normalized spacial score (nSPS) is 44.7. The van der Waals surface area contributed by atoms with Crippen LogP contribution in [0.4, 0.5) is 0 Å². The van der Waals surface area contributed by atoms with E-state index in [1.165, 1.54) is 51.6 Å². The standard InChI is InChI=1S/C19H33NO2/c1-19(2)15-7-6-14(10-15)17(19)11-18-21-13-16(22-18)12-20-8-4-3-5-9-20/h14-18H,3-13H2,1-2H3/t14-,15+,16+,17-,18+/m0/s1. The molecule has 0 radical (unpaired) electrons. The quantitative estimate of drug-likeness (QED) is 0.791. The minimum atomic E-state index is 0.0680. The molecule has 0 aromatic rings. The molecule has 2 saturated heterocycles. The van der Waals surface area contributed by atoms with Crippen molar-refractivity contribution in [3.05, 3.63) is 0 Å². The SMILES string of the molecule is CC1(C)[C@@H]2CC[C@@H](C2)[C@@H]1C[C@@H]1OC[C@@H](CN2CCCCC2)O1. The van der Waals surface area contributed by atoms with Crippen molar-refractivity contribution in [2.45, 2.75) is 71.2 Å². The van der Waals surface area contributed by atoms with E-state index in [1.54, 1.807) is 0 Å². The third-order valence-electron chi connectivity index (χ3n) is 7.22. The highest BCUT2D eigenvalue weighted by atomic mass is 16.7. The molecule has 5 atom stereocenters. The van der Waals surface area contributed by atoms with Gasteiger partial charge in [0.2, 0.25) is 0 Å². The molecule has 0 aromatic carbocycles. The Balaban J connectivity index is 1.28. The van der Waals surface area contributed by atoms with E-state index in [0.717, 1.165) is 37.3 Å².